The van der Waals surface area contributed by atoms with Crippen LogP contribution in [0.25, 0.3) is 0 Å². The maximum Gasteiger partial charge on any atom is 0.154 e. The highest BCUT2D eigenvalue weighted by Crippen LogP contribution is 2.16. The summed E-state index contributed by atoms with van der Waals surface area (Å²) in [5, 5.41) is 0. The van der Waals surface area contributed by atoms with Gasteiger partial charge in [0.05, 0.1) is 0 Å². The van der Waals surface area contributed by atoms with Crippen LogP contribution in [-0.4, -0.2) is 19.5 Å². The standard InChI is InChI=1S/C16H32O2/c1-5-12-16(6-2)13-10-8-9-11-14-18-15(4)17-7-3/h6,15-16H,2,5,7-14H2,1,3-4H3. The van der Waals surface area contributed by atoms with E-state index in [-0.39, 0.29) is 6.29 Å². The summed E-state index contributed by atoms with van der Waals surface area (Å²) < 4.78 is 10.8. The summed E-state index contributed by atoms with van der Waals surface area (Å²) in [4.78, 5) is 0. The van der Waals surface area contributed by atoms with Crippen LogP contribution >= 0.6 is 0 Å². The fraction of sp³-hybridized carbons (Fsp3) is 0.875. The van der Waals surface area contributed by atoms with Crippen molar-refractivity contribution in [3.05, 3.63) is 12.7 Å². The Morgan fingerprint density at radius 3 is 2.33 bits per heavy atom. The van der Waals surface area contributed by atoms with Gasteiger partial charge in [0.1, 0.15) is 0 Å². The molecule has 18 heavy (non-hydrogen) atoms. The number of hydrogen-bond donors (Lipinski definition) is 0. The van der Waals surface area contributed by atoms with Crippen molar-refractivity contribution in [1.29, 1.82) is 0 Å². The third-order valence-electron chi connectivity index (χ3n) is 3.22. The van der Waals surface area contributed by atoms with Crippen LogP contribution in [-0.2, 0) is 9.47 Å². The van der Waals surface area contributed by atoms with Gasteiger partial charge in [0.25, 0.3) is 0 Å². The zero-order valence-corrected chi connectivity index (χ0v) is 12.6. The molecule has 0 amide bonds. The van der Waals surface area contributed by atoms with E-state index in [9.17, 15) is 0 Å². The molecule has 2 nitrogen and oxygen atoms in total. The molecular formula is C16H32O2. The molecule has 0 aliphatic heterocycles. The first kappa shape index (κ1) is 17.7. The Hall–Kier alpha value is -0.340. The van der Waals surface area contributed by atoms with Gasteiger partial charge < -0.3 is 9.47 Å². The number of ether oxygens (including phenoxy) is 2. The van der Waals surface area contributed by atoms with Gasteiger partial charge >= 0.3 is 0 Å². The highest BCUT2D eigenvalue weighted by atomic mass is 16.7. The van der Waals surface area contributed by atoms with Crippen molar-refractivity contribution in [2.75, 3.05) is 13.2 Å². The zero-order chi connectivity index (χ0) is 13.6. The molecule has 108 valence electrons. The second-order valence-electron chi connectivity index (χ2n) is 4.88. The topological polar surface area (TPSA) is 18.5 Å². The van der Waals surface area contributed by atoms with Gasteiger partial charge in [-0.3, -0.25) is 0 Å². The fourth-order valence-electron chi connectivity index (χ4n) is 2.15. The van der Waals surface area contributed by atoms with E-state index >= 15 is 0 Å². The molecule has 0 rings (SSSR count). The molecule has 0 aliphatic carbocycles. The first-order chi connectivity index (χ1) is 8.74. The second kappa shape index (κ2) is 13.1. The number of rotatable bonds is 13. The summed E-state index contributed by atoms with van der Waals surface area (Å²) >= 11 is 0. The summed E-state index contributed by atoms with van der Waals surface area (Å²) in [7, 11) is 0. The average molecular weight is 256 g/mol. The maximum absolute atomic E-state index is 5.53. The summed E-state index contributed by atoms with van der Waals surface area (Å²) in [6.45, 7) is 11.7. The second-order valence-corrected chi connectivity index (χ2v) is 4.88. The minimum Gasteiger partial charge on any atom is -0.353 e. The van der Waals surface area contributed by atoms with Gasteiger partial charge in [-0.25, -0.2) is 0 Å². The van der Waals surface area contributed by atoms with Crippen LogP contribution in [0.2, 0.25) is 0 Å². The van der Waals surface area contributed by atoms with Crippen LogP contribution in [0.4, 0.5) is 0 Å². The van der Waals surface area contributed by atoms with Gasteiger partial charge in [0.2, 0.25) is 0 Å². The molecule has 0 heterocycles. The largest absolute Gasteiger partial charge is 0.353 e. The van der Waals surface area contributed by atoms with Crippen LogP contribution in [0.15, 0.2) is 12.7 Å². The van der Waals surface area contributed by atoms with Gasteiger partial charge in [0, 0.05) is 13.2 Å². The van der Waals surface area contributed by atoms with E-state index < -0.39 is 0 Å². The molecule has 0 spiro atoms. The molecule has 2 heteroatoms. The SMILES string of the molecule is C=CC(CCC)CCCCCCOC(C)OCC. The smallest absolute Gasteiger partial charge is 0.154 e. The Balaban J connectivity index is 3.27. The summed E-state index contributed by atoms with van der Waals surface area (Å²) in [5.41, 5.74) is 0. The lowest BCUT2D eigenvalue weighted by molar-refractivity contribution is -0.127. The molecule has 0 saturated heterocycles. The van der Waals surface area contributed by atoms with Crippen molar-refractivity contribution in [3.8, 4) is 0 Å². The molecule has 0 aromatic carbocycles. The van der Waals surface area contributed by atoms with Crippen molar-refractivity contribution in [2.24, 2.45) is 5.92 Å². The van der Waals surface area contributed by atoms with Gasteiger partial charge in [0.15, 0.2) is 6.29 Å². The first-order valence-electron chi connectivity index (χ1n) is 7.60. The molecular weight excluding hydrogens is 224 g/mol. The minimum absolute atomic E-state index is 0.0512. The van der Waals surface area contributed by atoms with E-state index in [2.05, 4.69) is 19.6 Å². The van der Waals surface area contributed by atoms with Crippen molar-refractivity contribution < 1.29 is 9.47 Å². The molecule has 0 aliphatic rings. The Bertz CT molecular complexity index is 180. The monoisotopic (exact) mass is 256 g/mol. The van der Waals surface area contributed by atoms with Crippen LogP contribution in [0, 0.1) is 5.92 Å². The van der Waals surface area contributed by atoms with Crippen LogP contribution < -0.4 is 0 Å². The fourth-order valence-corrected chi connectivity index (χ4v) is 2.15. The molecule has 2 atom stereocenters. The Labute approximate surface area is 114 Å². The first-order valence-corrected chi connectivity index (χ1v) is 7.60. The molecule has 0 radical (unpaired) electrons. The van der Waals surface area contributed by atoms with E-state index in [0.29, 0.717) is 0 Å². The molecule has 0 saturated carbocycles. The highest BCUT2D eigenvalue weighted by molar-refractivity contribution is 4.78. The quantitative estimate of drug-likeness (QED) is 0.264. The molecule has 0 N–H and O–H groups in total. The lowest BCUT2D eigenvalue weighted by Gasteiger charge is -2.13. The predicted molar refractivity (Wildman–Crippen MR) is 78.7 cm³/mol. The van der Waals surface area contributed by atoms with Gasteiger partial charge in [-0.1, -0.05) is 38.7 Å². The van der Waals surface area contributed by atoms with E-state index in [1.54, 1.807) is 0 Å². The summed E-state index contributed by atoms with van der Waals surface area (Å²) in [6.07, 6.45) is 10.9. The minimum atomic E-state index is -0.0512. The van der Waals surface area contributed by atoms with Crippen molar-refractivity contribution >= 4 is 0 Å². The predicted octanol–water partition coefficient (Wildman–Crippen LogP) is 4.94. The Morgan fingerprint density at radius 2 is 1.72 bits per heavy atom. The normalized spacial score (nSPS) is 14.4. The average Bonchev–Trinajstić information content (AvgIpc) is 2.36. The van der Waals surface area contributed by atoms with Crippen LogP contribution in [0.1, 0.15) is 65.7 Å². The molecule has 0 fully saturated rings. The van der Waals surface area contributed by atoms with E-state index in [1.807, 2.05) is 13.8 Å². The molecule has 2 unspecified atom stereocenters. The molecule has 0 aromatic heterocycles. The van der Waals surface area contributed by atoms with E-state index in [1.165, 1.54) is 38.5 Å². The van der Waals surface area contributed by atoms with E-state index in [4.69, 9.17) is 9.47 Å². The van der Waals surface area contributed by atoms with Crippen molar-refractivity contribution in [1.82, 2.24) is 0 Å². The highest BCUT2D eigenvalue weighted by Gasteiger charge is 2.03. The summed E-state index contributed by atoms with van der Waals surface area (Å²) in [6, 6.07) is 0. The number of allylic oxidation sites excluding steroid dienone is 1. The Morgan fingerprint density at radius 1 is 1.00 bits per heavy atom. The third kappa shape index (κ3) is 10.8. The number of unbranched alkanes of at least 4 members (excludes halogenated alkanes) is 3. The summed E-state index contributed by atoms with van der Waals surface area (Å²) in [5.74, 6) is 0.726. The Kier molecular flexibility index (Phi) is 12.9. The third-order valence-corrected chi connectivity index (χ3v) is 3.22. The zero-order valence-electron chi connectivity index (χ0n) is 12.6. The lowest BCUT2D eigenvalue weighted by Crippen LogP contribution is -2.13. The van der Waals surface area contributed by atoms with Crippen LogP contribution in [0.5, 0.6) is 0 Å². The van der Waals surface area contributed by atoms with Gasteiger partial charge in [-0.2, -0.15) is 0 Å². The van der Waals surface area contributed by atoms with E-state index in [0.717, 1.165) is 25.6 Å². The van der Waals surface area contributed by atoms with Crippen LogP contribution in [0.3, 0.4) is 0 Å². The van der Waals surface area contributed by atoms with Crippen molar-refractivity contribution in [2.45, 2.75) is 72.0 Å². The van der Waals surface area contributed by atoms with Gasteiger partial charge in [-0.15, -0.1) is 6.58 Å². The number of hydrogen-bond acceptors (Lipinski definition) is 2. The van der Waals surface area contributed by atoms with Gasteiger partial charge in [-0.05, 0) is 39.0 Å². The molecule has 0 aromatic rings. The lowest BCUT2D eigenvalue weighted by atomic mass is 9.96. The maximum atomic E-state index is 5.53. The molecule has 0 bridgehead atoms. The van der Waals surface area contributed by atoms with Crippen molar-refractivity contribution in [3.63, 3.8) is 0 Å².